The molecule has 2 aliphatic rings. The van der Waals surface area contributed by atoms with Gasteiger partial charge >= 0.3 is 6.18 Å². The average Bonchev–Trinajstić information content (AvgIpc) is 3.26. The molecule has 170 valence electrons. The van der Waals surface area contributed by atoms with Crippen molar-refractivity contribution in [3.05, 3.63) is 35.4 Å². The predicted molar refractivity (Wildman–Crippen MR) is 124 cm³/mol. The molecule has 2 heterocycles. The van der Waals surface area contributed by atoms with E-state index in [0.717, 1.165) is 69.3 Å². The fraction of sp³-hybridized carbons (Fsp3) is 0.667. The topological polar surface area (TPSA) is 48.9 Å². The zero-order valence-corrected chi connectivity index (χ0v) is 19.8. The number of nitrogens with zero attached hydrogens (tertiary/aromatic N) is 2. The van der Waals surface area contributed by atoms with E-state index in [4.69, 9.17) is 4.74 Å². The molecule has 0 bridgehead atoms. The minimum absolute atomic E-state index is 0. The smallest absolute Gasteiger partial charge is 0.381 e. The molecule has 1 aromatic rings. The van der Waals surface area contributed by atoms with Gasteiger partial charge in [0.25, 0.3) is 0 Å². The van der Waals surface area contributed by atoms with Crippen molar-refractivity contribution in [3.63, 3.8) is 0 Å². The molecule has 0 radical (unpaired) electrons. The van der Waals surface area contributed by atoms with Crippen LogP contribution in [-0.4, -0.2) is 62.8 Å². The van der Waals surface area contributed by atoms with E-state index in [1.807, 2.05) is 0 Å². The van der Waals surface area contributed by atoms with Crippen LogP contribution < -0.4 is 10.6 Å². The standard InChI is InChI=1S/C21H31F3N4O.HI/c1-25-19(26-11-8-17-4-6-18(7-5-17)21(22,23)24)27-16-20(9-14-29-15-10-20)28-12-2-3-13-28;/h4-7H,2-3,8-16H2,1H3,(H2,25,26,27);1H. The summed E-state index contributed by atoms with van der Waals surface area (Å²) in [4.78, 5) is 6.90. The molecule has 2 fully saturated rings. The molecule has 1 aromatic carbocycles. The van der Waals surface area contributed by atoms with E-state index in [1.54, 1.807) is 7.05 Å². The normalized spacial score (nSPS) is 19.9. The number of rotatable bonds is 6. The summed E-state index contributed by atoms with van der Waals surface area (Å²) in [6, 6.07) is 5.33. The van der Waals surface area contributed by atoms with E-state index in [2.05, 4.69) is 20.5 Å². The Morgan fingerprint density at radius 3 is 2.30 bits per heavy atom. The lowest BCUT2D eigenvalue weighted by Gasteiger charge is -2.45. The molecule has 2 aliphatic heterocycles. The maximum absolute atomic E-state index is 12.7. The highest BCUT2D eigenvalue weighted by Crippen LogP contribution is 2.31. The van der Waals surface area contributed by atoms with Gasteiger partial charge in [-0.25, -0.2) is 0 Å². The Labute approximate surface area is 193 Å². The Morgan fingerprint density at radius 2 is 1.73 bits per heavy atom. The number of hydrogen-bond donors (Lipinski definition) is 2. The Balaban J connectivity index is 0.00000320. The van der Waals surface area contributed by atoms with Gasteiger partial charge in [0.15, 0.2) is 5.96 Å². The first-order valence-corrected chi connectivity index (χ1v) is 10.4. The second-order valence-corrected chi connectivity index (χ2v) is 7.83. The van der Waals surface area contributed by atoms with Crippen LogP contribution in [0.5, 0.6) is 0 Å². The molecule has 2 saturated heterocycles. The van der Waals surface area contributed by atoms with Crippen molar-refractivity contribution in [1.29, 1.82) is 0 Å². The Kier molecular flexibility index (Phi) is 9.67. The van der Waals surface area contributed by atoms with Crippen LogP contribution in [0.1, 0.15) is 36.8 Å². The molecule has 5 nitrogen and oxygen atoms in total. The molecular weight excluding hydrogens is 508 g/mol. The lowest BCUT2D eigenvalue weighted by Crippen LogP contribution is -2.58. The van der Waals surface area contributed by atoms with Crippen molar-refractivity contribution in [3.8, 4) is 0 Å². The van der Waals surface area contributed by atoms with Crippen LogP contribution >= 0.6 is 24.0 Å². The number of nitrogens with one attached hydrogen (secondary N) is 2. The average molecular weight is 540 g/mol. The SMILES string of the molecule is CN=C(NCCc1ccc(C(F)(F)F)cc1)NCC1(N2CCCC2)CCOCC1.I. The van der Waals surface area contributed by atoms with Gasteiger partial charge in [0.1, 0.15) is 0 Å². The number of alkyl halides is 3. The van der Waals surface area contributed by atoms with E-state index in [9.17, 15) is 13.2 Å². The van der Waals surface area contributed by atoms with Crippen molar-refractivity contribution < 1.29 is 17.9 Å². The lowest BCUT2D eigenvalue weighted by atomic mass is 9.88. The van der Waals surface area contributed by atoms with E-state index < -0.39 is 11.7 Å². The zero-order chi connectivity index (χ0) is 20.7. The second-order valence-electron chi connectivity index (χ2n) is 7.83. The highest BCUT2D eigenvalue weighted by atomic mass is 127. The Hall–Kier alpha value is -1.07. The van der Waals surface area contributed by atoms with Crippen molar-refractivity contribution in [2.75, 3.05) is 46.4 Å². The van der Waals surface area contributed by atoms with Crippen molar-refractivity contribution >= 4 is 29.9 Å². The predicted octanol–water partition coefficient (Wildman–Crippen LogP) is 3.68. The highest BCUT2D eigenvalue weighted by Gasteiger charge is 2.39. The summed E-state index contributed by atoms with van der Waals surface area (Å²) in [6.07, 6.45) is 0.874. The zero-order valence-electron chi connectivity index (χ0n) is 17.4. The maximum Gasteiger partial charge on any atom is 0.416 e. The summed E-state index contributed by atoms with van der Waals surface area (Å²) < 4.78 is 43.6. The number of likely N-dealkylation sites (tertiary alicyclic amines) is 1. The van der Waals surface area contributed by atoms with E-state index in [-0.39, 0.29) is 29.5 Å². The fourth-order valence-corrected chi connectivity index (χ4v) is 4.20. The van der Waals surface area contributed by atoms with Crippen molar-refractivity contribution in [1.82, 2.24) is 15.5 Å². The van der Waals surface area contributed by atoms with Gasteiger partial charge in [-0.05, 0) is 62.9 Å². The number of halogens is 4. The van der Waals surface area contributed by atoms with Crippen LogP contribution in [0.2, 0.25) is 0 Å². The minimum Gasteiger partial charge on any atom is -0.381 e. The quantitative estimate of drug-likeness (QED) is 0.329. The molecule has 30 heavy (non-hydrogen) atoms. The second kappa shape index (κ2) is 11.5. The first-order chi connectivity index (χ1) is 13.9. The lowest BCUT2D eigenvalue weighted by molar-refractivity contribution is -0.137. The molecule has 0 spiro atoms. The summed E-state index contributed by atoms with van der Waals surface area (Å²) in [5, 5.41) is 6.74. The minimum atomic E-state index is -4.29. The van der Waals surface area contributed by atoms with Crippen LogP contribution in [0.4, 0.5) is 13.2 Å². The van der Waals surface area contributed by atoms with Gasteiger partial charge in [-0.1, -0.05) is 12.1 Å². The molecule has 2 N–H and O–H groups in total. The van der Waals surface area contributed by atoms with Gasteiger partial charge in [-0.15, -0.1) is 24.0 Å². The van der Waals surface area contributed by atoms with Gasteiger partial charge in [0, 0.05) is 38.9 Å². The first kappa shape index (κ1) is 25.2. The summed E-state index contributed by atoms with van der Waals surface area (Å²) in [5.74, 6) is 0.724. The van der Waals surface area contributed by atoms with E-state index in [1.165, 1.54) is 25.0 Å². The summed E-state index contributed by atoms with van der Waals surface area (Å²) in [7, 11) is 1.74. The third kappa shape index (κ3) is 6.71. The summed E-state index contributed by atoms with van der Waals surface area (Å²) in [5.41, 5.74) is 0.356. The van der Waals surface area contributed by atoms with E-state index >= 15 is 0 Å². The van der Waals surface area contributed by atoms with Crippen LogP contribution in [0.25, 0.3) is 0 Å². The van der Waals surface area contributed by atoms with Crippen molar-refractivity contribution in [2.24, 2.45) is 4.99 Å². The van der Waals surface area contributed by atoms with Gasteiger partial charge in [0.05, 0.1) is 5.56 Å². The molecular formula is C21H32F3IN4O. The van der Waals surface area contributed by atoms with Gasteiger partial charge in [-0.2, -0.15) is 13.2 Å². The molecule has 0 unspecified atom stereocenters. The number of benzene rings is 1. The molecule has 0 atom stereocenters. The summed E-state index contributed by atoms with van der Waals surface area (Å²) >= 11 is 0. The molecule has 9 heteroatoms. The molecule has 0 amide bonds. The molecule has 0 aromatic heterocycles. The first-order valence-electron chi connectivity index (χ1n) is 10.4. The van der Waals surface area contributed by atoms with E-state index in [0.29, 0.717) is 13.0 Å². The van der Waals surface area contributed by atoms with Gasteiger partial charge in [-0.3, -0.25) is 9.89 Å². The fourth-order valence-electron chi connectivity index (χ4n) is 4.20. The molecule has 3 rings (SSSR count). The number of guanidine groups is 1. The molecule has 0 saturated carbocycles. The number of ether oxygens (including phenoxy) is 1. The van der Waals surface area contributed by atoms with Crippen molar-refractivity contribution in [2.45, 2.75) is 43.8 Å². The third-order valence-electron chi connectivity index (χ3n) is 6.00. The third-order valence-corrected chi connectivity index (χ3v) is 6.00. The van der Waals surface area contributed by atoms with Crippen LogP contribution in [0.15, 0.2) is 29.3 Å². The maximum atomic E-state index is 12.7. The largest absolute Gasteiger partial charge is 0.416 e. The number of hydrogen-bond acceptors (Lipinski definition) is 3. The highest BCUT2D eigenvalue weighted by molar-refractivity contribution is 14.0. The van der Waals surface area contributed by atoms with Gasteiger partial charge < -0.3 is 15.4 Å². The van der Waals surface area contributed by atoms with Crippen LogP contribution in [-0.2, 0) is 17.3 Å². The van der Waals surface area contributed by atoms with Crippen LogP contribution in [0, 0.1) is 0 Å². The number of aliphatic imine (C=N–C) groups is 1. The van der Waals surface area contributed by atoms with Gasteiger partial charge in [0.2, 0.25) is 0 Å². The Morgan fingerprint density at radius 1 is 1.10 bits per heavy atom. The summed E-state index contributed by atoms with van der Waals surface area (Å²) in [6.45, 7) is 5.28. The molecule has 0 aliphatic carbocycles. The monoisotopic (exact) mass is 540 g/mol. The van der Waals surface area contributed by atoms with Crippen LogP contribution in [0.3, 0.4) is 0 Å². The Bertz CT molecular complexity index is 670.